The summed E-state index contributed by atoms with van der Waals surface area (Å²) in [5, 5.41) is 11.4. The van der Waals surface area contributed by atoms with Gasteiger partial charge in [0.05, 0.1) is 5.69 Å². The number of aromatic nitrogens is 2. The Morgan fingerprint density at radius 1 is 1.22 bits per heavy atom. The van der Waals surface area contributed by atoms with Gasteiger partial charge in [0.15, 0.2) is 0 Å². The number of benzene rings is 1. The second-order valence-corrected chi connectivity index (χ2v) is 3.55. The Morgan fingerprint density at radius 3 is 2.67 bits per heavy atom. The van der Waals surface area contributed by atoms with Crippen molar-refractivity contribution < 1.29 is 8.78 Å². The van der Waals surface area contributed by atoms with Crippen LogP contribution in [0.4, 0.5) is 20.3 Å². The molecule has 2 rings (SSSR count). The topological polar surface area (TPSA) is 61.6 Å². The molecule has 0 saturated heterocycles. The van der Waals surface area contributed by atoms with Crippen molar-refractivity contribution in [3.8, 4) is 6.07 Å². The fourth-order valence-electron chi connectivity index (χ4n) is 1.42. The summed E-state index contributed by atoms with van der Waals surface area (Å²) in [4.78, 5) is 7.87. The predicted molar refractivity (Wildman–Crippen MR) is 61.1 cm³/mol. The molecule has 2 aromatic rings. The highest BCUT2D eigenvalue weighted by molar-refractivity contribution is 5.57. The minimum atomic E-state index is -0.732. The smallest absolute Gasteiger partial charge is 0.149 e. The predicted octanol–water partition coefficient (Wildman–Crippen LogP) is 2.68. The number of hydrogen-bond donors (Lipinski definition) is 1. The van der Waals surface area contributed by atoms with Crippen LogP contribution >= 0.6 is 0 Å². The highest BCUT2D eigenvalue weighted by atomic mass is 19.1. The molecule has 1 aromatic carbocycles. The van der Waals surface area contributed by atoms with E-state index in [0.717, 1.165) is 12.1 Å². The molecule has 6 heteroatoms. The summed E-state index contributed by atoms with van der Waals surface area (Å²) in [7, 11) is 0. The fourth-order valence-corrected chi connectivity index (χ4v) is 1.42. The van der Waals surface area contributed by atoms with Crippen molar-refractivity contribution in [1.82, 2.24) is 9.97 Å². The quantitative estimate of drug-likeness (QED) is 0.884. The summed E-state index contributed by atoms with van der Waals surface area (Å²) >= 11 is 0. The van der Waals surface area contributed by atoms with Gasteiger partial charge in [-0.1, -0.05) is 0 Å². The Kier molecular flexibility index (Phi) is 3.15. The molecule has 1 heterocycles. The zero-order chi connectivity index (χ0) is 13.1. The van der Waals surface area contributed by atoms with E-state index in [-0.39, 0.29) is 17.2 Å². The fraction of sp³-hybridized carbons (Fsp3) is 0.0833. The van der Waals surface area contributed by atoms with Gasteiger partial charge in [-0.05, 0) is 19.1 Å². The van der Waals surface area contributed by atoms with Crippen molar-refractivity contribution in [2.24, 2.45) is 0 Å². The van der Waals surface area contributed by atoms with E-state index in [0.29, 0.717) is 5.82 Å². The van der Waals surface area contributed by atoms with Crippen LogP contribution in [0, 0.1) is 29.9 Å². The molecule has 4 nitrogen and oxygen atoms in total. The molecule has 0 bridgehead atoms. The first-order valence-electron chi connectivity index (χ1n) is 5.06. The second-order valence-electron chi connectivity index (χ2n) is 3.55. The minimum absolute atomic E-state index is 0.0818. The van der Waals surface area contributed by atoms with E-state index < -0.39 is 11.6 Å². The van der Waals surface area contributed by atoms with Crippen LogP contribution in [-0.2, 0) is 0 Å². The zero-order valence-corrected chi connectivity index (χ0v) is 9.41. The van der Waals surface area contributed by atoms with Crippen LogP contribution < -0.4 is 5.32 Å². The van der Waals surface area contributed by atoms with Gasteiger partial charge in [-0.2, -0.15) is 5.26 Å². The summed E-state index contributed by atoms with van der Waals surface area (Å²) in [5.74, 6) is -0.719. The standard InChI is InChI=1S/C12H8F2N4/c1-7-16-9(6-15)5-12(17-7)18-11-3-2-8(13)4-10(11)14/h2-5H,1H3,(H,16,17,18). The average Bonchev–Trinajstić information content (AvgIpc) is 2.32. The highest BCUT2D eigenvalue weighted by Gasteiger charge is 2.06. The lowest BCUT2D eigenvalue weighted by Crippen LogP contribution is -2.00. The molecule has 0 saturated carbocycles. The first-order chi connectivity index (χ1) is 8.58. The molecular weight excluding hydrogens is 238 g/mol. The van der Waals surface area contributed by atoms with Crippen LogP contribution in [0.3, 0.4) is 0 Å². The third-order valence-electron chi connectivity index (χ3n) is 2.15. The van der Waals surface area contributed by atoms with Crippen LogP contribution in [0.5, 0.6) is 0 Å². The first kappa shape index (κ1) is 11.9. The van der Waals surface area contributed by atoms with Gasteiger partial charge in [0.1, 0.15) is 35.0 Å². The van der Waals surface area contributed by atoms with Gasteiger partial charge in [-0.25, -0.2) is 18.7 Å². The molecule has 0 atom stereocenters. The Bertz CT molecular complexity index is 634. The number of nitrogens with zero attached hydrogens (tertiary/aromatic N) is 3. The number of anilines is 2. The van der Waals surface area contributed by atoms with Crippen LogP contribution in [0.25, 0.3) is 0 Å². The largest absolute Gasteiger partial charge is 0.338 e. The molecule has 0 spiro atoms. The van der Waals surface area contributed by atoms with E-state index in [1.165, 1.54) is 12.1 Å². The molecule has 0 amide bonds. The summed E-state index contributed by atoms with van der Waals surface area (Å²) in [6, 6.07) is 6.41. The summed E-state index contributed by atoms with van der Waals surface area (Å²) in [6.07, 6.45) is 0. The van der Waals surface area contributed by atoms with Crippen molar-refractivity contribution in [3.05, 3.63) is 47.4 Å². The normalized spacial score (nSPS) is 9.89. The van der Waals surface area contributed by atoms with Crippen molar-refractivity contribution in [3.63, 3.8) is 0 Å². The molecule has 18 heavy (non-hydrogen) atoms. The van der Waals surface area contributed by atoms with Crippen LogP contribution in [0.15, 0.2) is 24.3 Å². The maximum absolute atomic E-state index is 13.4. The first-order valence-corrected chi connectivity index (χ1v) is 5.06. The highest BCUT2D eigenvalue weighted by Crippen LogP contribution is 2.19. The van der Waals surface area contributed by atoms with Crippen molar-refractivity contribution >= 4 is 11.5 Å². The molecule has 0 aliphatic rings. The maximum atomic E-state index is 13.4. The monoisotopic (exact) mass is 246 g/mol. The van der Waals surface area contributed by atoms with Crippen LogP contribution in [0.1, 0.15) is 11.5 Å². The van der Waals surface area contributed by atoms with Gasteiger partial charge in [-0.3, -0.25) is 0 Å². The van der Waals surface area contributed by atoms with Gasteiger partial charge in [0.2, 0.25) is 0 Å². The molecule has 0 fully saturated rings. The Labute approximate surface area is 102 Å². The number of nitriles is 1. The van der Waals surface area contributed by atoms with Gasteiger partial charge in [-0.15, -0.1) is 0 Å². The zero-order valence-electron chi connectivity index (χ0n) is 9.41. The van der Waals surface area contributed by atoms with E-state index in [2.05, 4.69) is 15.3 Å². The van der Waals surface area contributed by atoms with Gasteiger partial charge in [0.25, 0.3) is 0 Å². The molecule has 0 radical (unpaired) electrons. The van der Waals surface area contributed by atoms with E-state index in [1.54, 1.807) is 6.92 Å². The number of aryl methyl sites for hydroxylation is 1. The van der Waals surface area contributed by atoms with Crippen molar-refractivity contribution in [1.29, 1.82) is 5.26 Å². The van der Waals surface area contributed by atoms with Crippen LogP contribution in [-0.4, -0.2) is 9.97 Å². The van der Waals surface area contributed by atoms with Crippen molar-refractivity contribution in [2.45, 2.75) is 6.92 Å². The Hall–Kier alpha value is -2.55. The molecule has 90 valence electrons. The minimum Gasteiger partial charge on any atom is -0.338 e. The molecule has 1 aromatic heterocycles. The average molecular weight is 246 g/mol. The van der Waals surface area contributed by atoms with Gasteiger partial charge >= 0.3 is 0 Å². The van der Waals surface area contributed by atoms with Gasteiger partial charge < -0.3 is 5.32 Å². The Balaban J connectivity index is 2.34. The van der Waals surface area contributed by atoms with Gasteiger partial charge in [0, 0.05) is 12.1 Å². The molecule has 0 aliphatic carbocycles. The maximum Gasteiger partial charge on any atom is 0.149 e. The summed E-state index contributed by atoms with van der Waals surface area (Å²) in [6.45, 7) is 1.62. The third-order valence-corrected chi connectivity index (χ3v) is 2.15. The lowest BCUT2D eigenvalue weighted by Gasteiger charge is -2.07. The molecule has 0 unspecified atom stereocenters. The van der Waals surface area contributed by atoms with Crippen molar-refractivity contribution in [2.75, 3.05) is 5.32 Å². The Morgan fingerprint density at radius 2 is 2.00 bits per heavy atom. The molecule has 0 aliphatic heterocycles. The van der Waals surface area contributed by atoms with Crippen LogP contribution in [0.2, 0.25) is 0 Å². The van der Waals surface area contributed by atoms with E-state index in [1.807, 2.05) is 6.07 Å². The molecular formula is C12H8F2N4. The number of nitrogens with one attached hydrogen (secondary N) is 1. The SMILES string of the molecule is Cc1nc(C#N)cc(Nc2ccc(F)cc2F)n1. The van der Waals surface area contributed by atoms with E-state index in [4.69, 9.17) is 5.26 Å². The summed E-state index contributed by atoms with van der Waals surface area (Å²) in [5.41, 5.74) is 0.255. The lowest BCUT2D eigenvalue weighted by atomic mass is 10.3. The second kappa shape index (κ2) is 4.75. The summed E-state index contributed by atoms with van der Waals surface area (Å²) < 4.78 is 26.1. The lowest BCUT2D eigenvalue weighted by molar-refractivity contribution is 0.586. The number of halogens is 2. The number of hydrogen-bond acceptors (Lipinski definition) is 4. The van der Waals surface area contributed by atoms with E-state index in [9.17, 15) is 8.78 Å². The third kappa shape index (κ3) is 2.58. The number of rotatable bonds is 2. The molecule has 1 N–H and O–H groups in total. The van der Waals surface area contributed by atoms with E-state index >= 15 is 0 Å².